The smallest absolute Gasteiger partial charge is 0.319 e. The molecule has 4 rings (SSSR count). The lowest BCUT2D eigenvalue weighted by Crippen LogP contribution is -2.30. The third-order valence-corrected chi connectivity index (χ3v) is 4.73. The van der Waals surface area contributed by atoms with Crippen LogP contribution in [0.4, 0.5) is 15.6 Å². The summed E-state index contributed by atoms with van der Waals surface area (Å²) in [5, 5.41) is 10.7. The van der Waals surface area contributed by atoms with Gasteiger partial charge in [0, 0.05) is 28.9 Å². The predicted molar refractivity (Wildman–Crippen MR) is 105 cm³/mol. The Hall–Kier alpha value is -3.26. The SMILES string of the molecule is O=C(Nc1ccc(C(=O)Nc2nc(-c3ccccn3)cs2)cc1)NC1CC1. The number of benzene rings is 1. The van der Waals surface area contributed by atoms with Crippen molar-refractivity contribution < 1.29 is 9.59 Å². The number of thiazole rings is 1. The maximum atomic E-state index is 12.4. The van der Waals surface area contributed by atoms with Gasteiger partial charge in [0.05, 0.1) is 5.69 Å². The van der Waals surface area contributed by atoms with E-state index in [0.29, 0.717) is 22.4 Å². The average Bonchev–Trinajstić information content (AvgIpc) is 3.37. The first-order chi connectivity index (χ1) is 13.2. The minimum Gasteiger partial charge on any atom is -0.335 e. The van der Waals surface area contributed by atoms with Crippen molar-refractivity contribution in [3.63, 3.8) is 0 Å². The van der Waals surface area contributed by atoms with Crippen molar-refractivity contribution in [2.45, 2.75) is 18.9 Å². The van der Waals surface area contributed by atoms with Gasteiger partial charge in [-0.15, -0.1) is 11.3 Å². The third-order valence-electron chi connectivity index (χ3n) is 3.97. The van der Waals surface area contributed by atoms with Gasteiger partial charge in [-0.1, -0.05) is 6.07 Å². The van der Waals surface area contributed by atoms with Crippen LogP contribution in [-0.4, -0.2) is 27.9 Å². The van der Waals surface area contributed by atoms with Gasteiger partial charge in [0.15, 0.2) is 5.13 Å². The number of rotatable bonds is 5. The van der Waals surface area contributed by atoms with Gasteiger partial charge in [-0.3, -0.25) is 15.1 Å². The zero-order valence-electron chi connectivity index (χ0n) is 14.3. The largest absolute Gasteiger partial charge is 0.335 e. The molecule has 1 aromatic carbocycles. The zero-order valence-corrected chi connectivity index (χ0v) is 15.1. The second-order valence-corrected chi connectivity index (χ2v) is 7.02. The zero-order chi connectivity index (χ0) is 18.6. The summed E-state index contributed by atoms with van der Waals surface area (Å²) in [6.07, 6.45) is 3.77. The van der Waals surface area contributed by atoms with Gasteiger partial charge in [-0.05, 0) is 49.2 Å². The second-order valence-electron chi connectivity index (χ2n) is 6.16. The highest BCUT2D eigenvalue weighted by Gasteiger charge is 2.23. The quantitative estimate of drug-likeness (QED) is 0.629. The average molecular weight is 379 g/mol. The summed E-state index contributed by atoms with van der Waals surface area (Å²) in [4.78, 5) is 32.8. The highest BCUT2D eigenvalue weighted by Crippen LogP contribution is 2.24. The number of urea groups is 1. The molecule has 8 heteroatoms. The molecule has 3 amide bonds. The van der Waals surface area contributed by atoms with E-state index >= 15 is 0 Å². The molecule has 7 nitrogen and oxygen atoms in total. The highest BCUT2D eigenvalue weighted by molar-refractivity contribution is 7.14. The van der Waals surface area contributed by atoms with Gasteiger partial charge >= 0.3 is 6.03 Å². The van der Waals surface area contributed by atoms with E-state index in [1.54, 1.807) is 30.5 Å². The van der Waals surface area contributed by atoms with Crippen LogP contribution in [-0.2, 0) is 0 Å². The number of hydrogen-bond acceptors (Lipinski definition) is 5. The Kier molecular flexibility index (Phi) is 4.80. The number of pyridine rings is 1. The van der Waals surface area contributed by atoms with Crippen LogP contribution in [0.1, 0.15) is 23.2 Å². The van der Waals surface area contributed by atoms with Crippen LogP contribution in [0.2, 0.25) is 0 Å². The lowest BCUT2D eigenvalue weighted by molar-refractivity contribution is 0.102. The third kappa shape index (κ3) is 4.48. The Bertz CT molecular complexity index is 952. The summed E-state index contributed by atoms with van der Waals surface area (Å²) in [6, 6.07) is 12.4. The maximum Gasteiger partial charge on any atom is 0.319 e. The molecular formula is C19H17N5O2S. The fourth-order valence-electron chi connectivity index (χ4n) is 2.42. The number of amides is 3. The molecule has 1 aliphatic carbocycles. The van der Waals surface area contributed by atoms with Crippen LogP contribution >= 0.6 is 11.3 Å². The molecule has 27 heavy (non-hydrogen) atoms. The van der Waals surface area contributed by atoms with Gasteiger partial charge in [0.2, 0.25) is 0 Å². The van der Waals surface area contributed by atoms with Crippen molar-refractivity contribution in [1.82, 2.24) is 15.3 Å². The Morgan fingerprint density at radius 3 is 2.52 bits per heavy atom. The number of anilines is 2. The first-order valence-electron chi connectivity index (χ1n) is 8.53. The number of carbonyl (C=O) groups excluding carboxylic acids is 2. The van der Waals surface area contributed by atoms with Crippen LogP contribution in [0.3, 0.4) is 0 Å². The van der Waals surface area contributed by atoms with Crippen LogP contribution in [0.25, 0.3) is 11.4 Å². The minimum atomic E-state index is -0.258. The van der Waals surface area contributed by atoms with E-state index in [9.17, 15) is 9.59 Å². The molecule has 0 unspecified atom stereocenters. The maximum absolute atomic E-state index is 12.4. The molecule has 0 radical (unpaired) electrons. The summed E-state index contributed by atoms with van der Waals surface area (Å²) in [6.45, 7) is 0. The van der Waals surface area contributed by atoms with Crippen molar-refractivity contribution >= 4 is 34.1 Å². The van der Waals surface area contributed by atoms with Crippen molar-refractivity contribution in [3.05, 3.63) is 59.6 Å². The number of aromatic nitrogens is 2. The van der Waals surface area contributed by atoms with Crippen molar-refractivity contribution in [2.75, 3.05) is 10.6 Å². The number of carbonyl (C=O) groups is 2. The lowest BCUT2D eigenvalue weighted by atomic mass is 10.2. The molecular weight excluding hydrogens is 362 g/mol. The van der Waals surface area contributed by atoms with Gasteiger partial charge < -0.3 is 10.6 Å². The fraction of sp³-hybridized carbons (Fsp3) is 0.158. The first-order valence-corrected chi connectivity index (χ1v) is 9.41. The van der Waals surface area contributed by atoms with Crippen molar-refractivity contribution in [2.24, 2.45) is 0 Å². The summed E-state index contributed by atoms with van der Waals surface area (Å²) in [5.41, 5.74) is 2.60. The summed E-state index contributed by atoms with van der Waals surface area (Å²) >= 11 is 1.34. The molecule has 0 bridgehead atoms. The van der Waals surface area contributed by atoms with E-state index in [1.165, 1.54) is 11.3 Å². The number of hydrogen-bond donors (Lipinski definition) is 3. The molecule has 2 heterocycles. The van der Waals surface area contributed by atoms with E-state index in [2.05, 4.69) is 25.9 Å². The molecule has 0 aliphatic heterocycles. The van der Waals surface area contributed by atoms with Crippen LogP contribution in [0.15, 0.2) is 54.0 Å². The van der Waals surface area contributed by atoms with Gasteiger partial charge in [0.1, 0.15) is 5.69 Å². The Labute approximate surface area is 159 Å². The van der Waals surface area contributed by atoms with E-state index < -0.39 is 0 Å². The molecule has 0 atom stereocenters. The van der Waals surface area contributed by atoms with E-state index in [0.717, 1.165) is 24.2 Å². The predicted octanol–water partition coefficient (Wildman–Crippen LogP) is 3.74. The molecule has 3 aromatic rings. The number of nitrogens with one attached hydrogen (secondary N) is 3. The standard InChI is InChI=1S/C19H17N5O2S/c25-17(24-19-23-16(11-27-19)15-3-1-2-10-20-15)12-4-6-13(7-5-12)21-18(26)22-14-8-9-14/h1-7,10-11,14H,8-9H2,(H2,21,22,26)(H,23,24,25). The molecule has 1 aliphatic rings. The summed E-state index contributed by atoms with van der Waals surface area (Å²) in [5.74, 6) is -0.258. The number of nitrogens with zero attached hydrogens (tertiary/aromatic N) is 2. The minimum absolute atomic E-state index is 0.223. The normalized spacial score (nSPS) is 13.0. The summed E-state index contributed by atoms with van der Waals surface area (Å²) in [7, 11) is 0. The Morgan fingerprint density at radius 1 is 1.00 bits per heavy atom. The van der Waals surface area contributed by atoms with E-state index in [-0.39, 0.29) is 11.9 Å². The lowest BCUT2D eigenvalue weighted by Gasteiger charge is -2.07. The molecule has 136 valence electrons. The Balaban J connectivity index is 1.36. The molecule has 1 saturated carbocycles. The van der Waals surface area contributed by atoms with Crippen LogP contribution in [0.5, 0.6) is 0 Å². The van der Waals surface area contributed by atoms with E-state index in [1.807, 2.05) is 23.6 Å². The fourth-order valence-corrected chi connectivity index (χ4v) is 3.12. The van der Waals surface area contributed by atoms with Crippen LogP contribution < -0.4 is 16.0 Å². The second kappa shape index (κ2) is 7.55. The van der Waals surface area contributed by atoms with Crippen molar-refractivity contribution in [1.29, 1.82) is 0 Å². The molecule has 1 fully saturated rings. The van der Waals surface area contributed by atoms with Gasteiger partial charge in [-0.2, -0.15) is 0 Å². The molecule has 0 saturated heterocycles. The first kappa shape index (κ1) is 17.2. The molecule has 3 N–H and O–H groups in total. The summed E-state index contributed by atoms with van der Waals surface area (Å²) < 4.78 is 0. The Morgan fingerprint density at radius 2 is 1.81 bits per heavy atom. The van der Waals surface area contributed by atoms with Crippen LogP contribution in [0, 0.1) is 0 Å². The molecule has 2 aromatic heterocycles. The van der Waals surface area contributed by atoms with Gasteiger partial charge in [0.25, 0.3) is 5.91 Å². The monoisotopic (exact) mass is 379 g/mol. The van der Waals surface area contributed by atoms with Crippen molar-refractivity contribution in [3.8, 4) is 11.4 Å². The topological polar surface area (TPSA) is 96.0 Å². The highest BCUT2D eigenvalue weighted by atomic mass is 32.1. The molecule has 0 spiro atoms. The van der Waals surface area contributed by atoms with E-state index in [4.69, 9.17) is 0 Å². The van der Waals surface area contributed by atoms with Gasteiger partial charge in [-0.25, -0.2) is 9.78 Å².